The summed E-state index contributed by atoms with van der Waals surface area (Å²) in [7, 11) is -3.83. The number of carbonyl (C=O) groups is 1. The molecule has 1 amide bonds. The topological polar surface area (TPSA) is 100 Å². The number of rotatable bonds is 7. The third kappa shape index (κ3) is 4.98. The number of hydrogen-bond donors (Lipinski definition) is 3. The molecule has 1 aromatic heterocycles. The van der Waals surface area contributed by atoms with Crippen molar-refractivity contribution in [2.75, 3.05) is 11.9 Å². The molecule has 118 valence electrons. The van der Waals surface area contributed by atoms with Gasteiger partial charge >= 0.3 is 0 Å². The van der Waals surface area contributed by atoms with E-state index in [-0.39, 0.29) is 22.7 Å². The van der Waals surface area contributed by atoms with Crippen molar-refractivity contribution in [1.29, 1.82) is 0 Å². The highest BCUT2D eigenvalue weighted by Crippen LogP contribution is 2.17. The summed E-state index contributed by atoms with van der Waals surface area (Å²) < 4.78 is 27.1. The van der Waals surface area contributed by atoms with Crippen molar-refractivity contribution in [2.45, 2.75) is 44.7 Å². The lowest BCUT2D eigenvalue weighted by Crippen LogP contribution is -2.46. The van der Waals surface area contributed by atoms with Crippen molar-refractivity contribution >= 4 is 21.7 Å². The first-order valence-corrected chi connectivity index (χ1v) is 8.27. The predicted octanol–water partition coefficient (Wildman–Crippen LogP) is 0.705. The Morgan fingerprint density at radius 1 is 1.33 bits per heavy atom. The van der Waals surface area contributed by atoms with Crippen LogP contribution in [0, 0.1) is 0 Å². The Kier molecular flexibility index (Phi) is 6.10. The Morgan fingerprint density at radius 2 is 2.00 bits per heavy atom. The molecule has 3 N–H and O–H groups in total. The molecule has 1 heterocycles. The van der Waals surface area contributed by atoms with Gasteiger partial charge in [-0.25, -0.2) is 13.4 Å². The molecular formula is C13H22N4O3S. The van der Waals surface area contributed by atoms with Gasteiger partial charge in [-0.05, 0) is 39.8 Å². The van der Waals surface area contributed by atoms with E-state index in [9.17, 15) is 13.2 Å². The molecule has 0 saturated heterocycles. The van der Waals surface area contributed by atoms with E-state index in [2.05, 4.69) is 20.3 Å². The molecule has 0 aromatic carbocycles. The fourth-order valence-electron chi connectivity index (χ4n) is 1.67. The normalized spacial score (nSPS) is 13.0. The first kappa shape index (κ1) is 17.4. The van der Waals surface area contributed by atoms with Gasteiger partial charge in [-0.1, -0.05) is 0 Å². The van der Waals surface area contributed by atoms with E-state index in [1.165, 1.54) is 25.3 Å². The molecule has 0 fully saturated rings. The molecule has 0 radical (unpaired) electrons. The highest BCUT2D eigenvalue weighted by molar-refractivity contribution is 7.89. The summed E-state index contributed by atoms with van der Waals surface area (Å²) >= 11 is 0. The van der Waals surface area contributed by atoms with E-state index >= 15 is 0 Å². The number of hydrogen-bond acceptors (Lipinski definition) is 5. The second kappa shape index (κ2) is 7.37. The summed E-state index contributed by atoms with van der Waals surface area (Å²) in [4.78, 5) is 15.8. The minimum atomic E-state index is -3.83. The van der Waals surface area contributed by atoms with Gasteiger partial charge in [0, 0.05) is 18.8 Å². The number of amides is 1. The van der Waals surface area contributed by atoms with Gasteiger partial charge in [0.25, 0.3) is 0 Å². The molecule has 8 heteroatoms. The predicted molar refractivity (Wildman–Crippen MR) is 81.5 cm³/mol. The Balaban J connectivity index is 2.94. The maximum Gasteiger partial charge on any atom is 0.244 e. The first-order chi connectivity index (χ1) is 9.77. The summed E-state index contributed by atoms with van der Waals surface area (Å²) in [5, 5.41) is 5.55. The van der Waals surface area contributed by atoms with Crippen LogP contribution in [0.4, 0.5) is 5.82 Å². The van der Waals surface area contributed by atoms with E-state index in [0.29, 0.717) is 6.54 Å². The second-order valence-corrected chi connectivity index (χ2v) is 6.57. The zero-order chi connectivity index (χ0) is 16.0. The zero-order valence-corrected chi connectivity index (χ0v) is 13.5. The summed E-state index contributed by atoms with van der Waals surface area (Å²) in [6.45, 7) is 7.51. The Morgan fingerprint density at radius 3 is 2.57 bits per heavy atom. The summed E-state index contributed by atoms with van der Waals surface area (Å²) in [5.74, 6) is -0.105. The molecule has 0 aliphatic rings. The number of sulfonamides is 1. The van der Waals surface area contributed by atoms with Crippen molar-refractivity contribution in [3.8, 4) is 0 Å². The average Bonchev–Trinajstić information content (AvgIpc) is 2.38. The minimum Gasteiger partial charge on any atom is -0.369 e. The number of aromatic nitrogens is 1. The van der Waals surface area contributed by atoms with Gasteiger partial charge in [0.2, 0.25) is 15.9 Å². The average molecular weight is 314 g/mol. The number of nitrogens with one attached hydrogen (secondary N) is 3. The number of pyridine rings is 1. The lowest BCUT2D eigenvalue weighted by molar-refractivity contribution is -0.122. The summed E-state index contributed by atoms with van der Waals surface area (Å²) in [6.07, 6.45) is 1.51. The lowest BCUT2D eigenvalue weighted by Gasteiger charge is -2.17. The third-order valence-corrected chi connectivity index (χ3v) is 4.13. The molecule has 0 bridgehead atoms. The van der Waals surface area contributed by atoms with Gasteiger partial charge in [-0.3, -0.25) is 4.79 Å². The maximum atomic E-state index is 12.4. The van der Waals surface area contributed by atoms with Crippen molar-refractivity contribution in [2.24, 2.45) is 0 Å². The molecule has 1 aromatic rings. The van der Waals surface area contributed by atoms with Crippen LogP contribution in [0.15, 0.2) is 23.2 Å². The van der Waals surface area contributed by atoms with Gasteiger partial charge in [-0.15, -0.1) is 0 Å². The summed E-state index contributed by atoms with van der Waals surface area (Å²) in [5.41, 5.74) is 0. The lowest BCUT2D eigenvalue weighted by atomic mass is 10.3. The Hall–Kier alpha value is -1.67. The molecule has 0 spiro atoms. The van der Waals surface area contributed by atoms with Crippen LogP contribution in [0.25, 0.3) is 0 Å². The quantitative estimate of drug-likeness (QED) is 0.688. The fraction of sp³-hybridized carbons (Fsp3) is 0.538. The Labute approximate surface area is 125 Å². The van der Waals surface area contributed by atoms with Crippen LogP contribution in [0.5, 0.6) is 0 Å². The van der Waals surface area contributed by atoms with Crippen LogP contribution >= 0.6 is 0 Å². The highest BCUT2D eigenvalue weighted by Gasteiger charge is 2.24. The van der Waals surface area contributed by atoms with Crippen molar-refractivity contribution in [3.05, 3.63) is 18.3 Å². The van der Waals surface area contributed by atoms with Crippen LogP contribution < -0.4 is 15.4 Å². The molecular weight excluding hydrogens is 292 g/mol. The first-order valence-electron chi connectivity index (χ1n) is 6.79. The van der Waals surface area contributed by atoms with Crippen LogP contribution in [-0.2, 0) is 14.8 Å². The monoisotopic (exact) mass is 314 g/mol. The van der Waals surface area contributed by atoms with E-state index < -0.39 is 16.1 Å². The summed E-state index contributed by atoms with van der Waals surface area (Å²) in [6, 6.07) is 2.06. The SMILES string of the molecule is CCNc1ncccc1S(=O)(=O)NC(C)C(=O)NC(C)C. The van der Waals surface area contributed by atoms with Gasteiger partial charge < -0.3 is 10.6 Å². The molecule has 1 unspecified atom stereocenters. The number of nitrogens with zero attached hydrogens (tertiary/aromatic N) is 1. The van der Waals surface area contributed by atoms with Gasteiger partial charge in [0.15, 0.2) is 0 Å². The maximum absolute atomic E-state index is 12.4. The van der Waals surface area contributed by atoms with Crippen LogP contribution in [0.2, 0.25) is 0 Å². The van der Waals surface area contributed by atoms with Crippen molar-refractivity contribution in [3.63, 3.8) is 0 Å². The largest absolute Gasteiger partial charge is 0.369 e. The standard InChI is InChI=1S/C13H22N4O3S/c1-5-14-12-11(7-6-8-15-12)21(19,20)17-10(4)13(18)16-9(2)3/h6-10,17H,5H2,1-4H3,(H,14,15)(H,16,18). The zero-order valence-electron chi connectivity index (χ0n) is 12.7. The number of carbonyl (C=O) groups excluding carboxylic acids is 1. The van der Waals surface area contributed by atoms with E-state index in [0.717, 1.165) is 0 Å². The third-order valence-electron chi connectivity index (χ3n) is 2.56. The molecule has 0 aliphatic carbocycles. The van der Waals surface area contributed by atoms with E-state index in [4.69, 9.17) is 0 Å². The molecule has 1 atom stereocenters. The fourth-order valence-corrected chi connectivity index (χ4v) is 3.00. The smallest absolute Gasteiger partial charge is 0.244 e. The Bertz CT molecular complexity index is 587. The van der Waals surface area contributed by atoms with Crippen LogP contribution in [-0.4, -0.2) is 37.9 Å². The minimum absolute atomic E-state index is 0.0241. The van der Waals surface area contributed by atoms with Gasteiger partial charge in [0.1, 0.15) is 10.7 Å². The van der Waals surface area contributed by atoms with Crippen molar-refractivity contribution in [1.82, 2.24) is 15.0 Å². The molecule has 7 nitrogen and oxygen atoms in total. The van der Waals surface area contributed by atoms with Crippen LogP contribution in [0.1, 0.15) is 27.7 Å². The van der Waals surface area contributed by atoms with Gasteiger partial charge in [-0.2, -0.15) is 4.72 Å². The number of anilines is 1. The highest BCUT2D eigenvalue weighted by atomic mass is 32.2. The van der Waals surface area contributed by atoms with Crippen LogP contribution in [0.3, 0.4) is 0 Å². The molecule has 21 heavy (non-hydrogen) atoms. The second-order valence-electron chi connectivity index (χ2n) is 4.89. The molecule has 0 saturated carbocycles. The molecule has 1 rings (SSSR count). The molecule has 0 aliphatic heterocycles. The van der Waals surface area contributed by atoms with Gasteiger partial charge in [0.05, 0.1) is 6.04 Å². The van der Waals surface area contributed by atoms with E-state index in [1.54, 1.807) is 0 Å². The van der Waals surface area contributed by atoms with E-state index in [1.807, 2.05) is 20.8 Å². The van der Waals surface area contributed by atoms with Crippen molar-refractivity contribution < 1.29 is 13.2 Å².